The van der Waals surface area contributed by atoms with Crippen LogP contribution in [-0.2, 0) is 0 Å². The van der Waals surface area contributed by atoms with Crippen molar-refractivity contribution in [3.05, 3.63) is 21.3 Å². The molecule has 0 spiro atoms. The van der Waals surface area contributed by atoms with Gasteiger partial charge in [0.05, 0.1) is 10.9 Å². The Morgan fingerprint density at radius 1 is 1.53 bits per heavy atom. The van der Waals surface area contributed by atoms with E-state index in [1.54, 1.807) is 23.1 Å². The molecule has 0 aliphatic rings. The molecule has 3 unspecified atom stereocenters. The van der Waals surface area contributed by atoms with Crippen LogP contribution in [0.4, 0.5) is 0 Å². The zero-order valence-corrected chi connectivity index (χ0v) is 12.8. The molecule has 0 aliphatic heterocycles. The Hall–Kier alpha value is 0.260. The van der Waals surface area contributed by atoms with Gasteiger partial charge in [0, 0.05) is 22.2 Å². The lowest BCUT2D eigenvalue weighted by atomic mass is 10.1. The van der Waals surface area contributed by atoms with Crippen LogP contribution in [0.25, 0.3) is 0 Å². The average Bonchev–Trinajstić information content (AvgIpc) is 2.74. The molecule has 5 heteroatoms. The molecule has 0 saturated heterocycles. The van der Waals surface area contributed by atoms with E-state index in [1.807, 2.05) is 12.3 Å². The second-order valence-corrected chi connectivity index (χ2v) is 6.84. The summed E-state index contributed by atoms with van der Waals surface area (Å²) >= 11 is 9.28. The van der Waals surface area contributed by atoms with Crippen molar-refractivity contribution in [1.29, 1.82) is 0 Å². The number of thioether (sulfide) groups is 1. The minimum absolute atomic E-state index is 0.205. The summed E-state index contributed by atoms with van der Waals surface area (Å²) in [7, 11) is 0. The van der Waals surface area contributed by atoms with Gasteiger partial charge in [-0.05, 0) is 31.7 Å². The molecule has 98 valence electrons. The predicted molar refractivity (Wildman–Crippen MR) is 79.3 cm³/mol. The normalized spacial score (nSPS) is 16.8. The summed E-state index contributed by atoms with van der Waals surface area (Å²) in [6.07, 6.45) is 3.05. The SMILES string of the molecule is CCC(NC(C)C(CO)SC)c1ccc(Cl)s1. The molecule has 1 aromatic heterocycles. The lowest BCUT2D eigenvalue weighted by Gasteiger charge is -2.26. The number of halogens is 1. The molecule has 0 aliphatic carbocycles. The quantitative estimate of drug-likeness (QED) is 0.806. The van der Waals surface area contributed by atoms with Crippen LogP contribution in [0.1, 0.15) is 31.2 Å². The van der Waals surface area contributed by atoms with E-state index in [4.69, 9.17) is 11.6 Å². The lowest BCUT2D eigenvalue weighted by Crippen LogP contribution is -2.39. The summed E-state index contributed by atoms with van der Waals surface area (Å²) in [5, 5.41) is 13.1. The highest BCUT2D eigenvalue weighted by atomic mass is 35.5. The molecule has 1 heterocycles. The van der Waals surface area contributed by atoms with Crippen molar-refractivity contribution in [2.45, 2.75) is 37.6 Å². The summed E-state index contributed by atoms with van der Waals surface area (Å²) in [6.45, 7) is 4.48. The first-order chi connectivity index (χ1) is 8.12. The number of aliphatic hydroxyl groups is 1. The summed E-state index contributed by atoms with van der Waals surface area (Å²) in [5.41, 5.74) is 0. The van der Waals surface area contributed by atoms with Gasteiger partial charge in [-0.1, -0.05) is 18.5 Å². The Kier molecular flexibility index (Phi) is 6.89. The zero-order chi connectivity index (χ0) is 12.8. The first-order valence-corrected chi connectivity index (χ1v) is 8.25. The smallest absolute Gasteiger partial charge is 0.0931 e. The molecule has 1 rings (SSSR count). The Morgan fingerprint density at radius 3 is 2.65 bits per heavy atom. The largest absolute Gasteiger partial charge is 0.395 e. The number of nitrogens with one attached hydrogen (secondary N) is 1. The molecule has 0 amide bonds. The third-order valence-corrected chi connectivity index (χ3v) is 5.36. The van der Waals surface area contributed by atoms with E-state index in [2.05, 4.69) is 25.2 Å². The topological polar surface area (TPSA) is 32.3 Å². The summed E-state index contributed by atoms with van der Waals surface area (Å²) < 4.78 is 0.830. The van der Waals surface area contributed by atoms with E-state index >= 15 is 0 Å². The van der Waals surface area contributed by atoms with Crippen molar-refractivity contribution < 1.29 is 5.11 Å². The molecule has 0 bridgehead atoms. The molecular formula is C12H20ClNOS2. The van der Waals surface area contributed by atoms with E-state index in [0.717, 1.165) is 10.8 Å². The van der Waals surface area contributed by atoms with Crippen molar-refractivity contribution >= 4 is 34.7 Å². The molecule has 0 radical (unpaired) electrons. The lowest BCUT2D eigenvalue weighted by molar-refractivity contribution is 0.270. The predicted octanol–water partition coefficient (Wildman–Crippen LogP) is 3.55. The molecule has 17 heavy (non-hydrogen) atoms. The molecule has 0 aromatic carbocycles. The summed E-state index contributed by atoms with van der Waals surface area (Å²) in [4.78, 5) is 1.27. The van der Waals surface area contributed by atoms with Crippen LogP contribution in [-0.4, -0.2) is 29.3 Å². The third-order valence-electron chi connectivity index (χ3n) is 2.85. The molecule has 2 nitrogen and oxygen atoms in total. The minimum Gasteiger partial charge on any atom is -0.395 e. The fraction of sp³-hybridized carbons (Fsp3) is 0.667. The molecule has 2 N–H and O–H groups in total. The maximum Gasteiger partial charge on any atom is 0.0931 e. The first-order valence-electron chi connectivity index (χ1n) is 5.77. The maximum absolute atomic E-state index is 9.28. The molecule has 3 atom stereocenters. The van der Waals surface area contributed by atoms with E-state index in [-0.39, 0.29) is 17.9 Å². The number of rotatable bonds is 7. The van der Waals surface area contributed by atoms with Crippen LogP contribution in [0.15, 0.2) is 12.1 Å². The van der Waals surface area contributed by atoms with E-state index < -0.39 is 0 Å². The Morgan fingerprint density at radius 2 is 2.24 bits per heavy atom. The van der Waals surface area contributed by atoms with Gasteiger partial charge in [-0.15, -0.1) is 11.3 Å². The van der Waals surface area contributed by atoms with Crippen molar-refractivity contribution in [2.24, 2.45) is 0 Å². The molecular weight excluding hydrogens is 274 g/mol. The molecule has 1 aromatic rings. The highest BCUT2D eigenvalue weighted by Gasteiger charge is 2.20. The maximum atomic E-state index is 9.28. The fourth-order valence-electron chi connectivity index (χ4n) is 1.78. The van der Waals surface area contributed by atoms with Gasteiger partial charge in [0.2, 0.25) is 0 Å². The van der Waals surface area contributed by atoms with Gasteiger partial charge >= 0.3 is 0 Å². The van der Waals surface area contributed by atoms with Gasteiger partial charge in [0.15, 0.2) is 0 Å². The van der Waals surface area contributed by atoms with E-state index in [0.29, 0.717) is 6.04 Å². The van der Waals surface area contributed by atoms with Crippen LogP contribution in [0.3, 0.4) is 0 Å². The number of thiophene rings is 1. The third kappa shape index (κ3) is 4.45. The van der Waals surface area contributed by atoms with Crippen LogP contribution >= 0.6 is 34.7 Å². The van der Waals surface area contributed by atoms with Gasteiger partial charge < -0.3 is 10.4 Å². The van der Waals surface area contributed by atoms with Crippen LogP contribution in [0.2, 0.25) is 4.34 Å². The van der Waals surface area contributed by atoms with Crippen molar-refractivity contribution in [1.82, 2.24) is 5.32 Å². The Balaban J connectivity index is 2.63. The molecule has 0 saturated carbocycles. The Labute approximate surface area is 117 Å². The summed E-state index contributed by atoms with van der Waals surface area (Å²) in [6, 6.07) is 4.62. The second-order valence-electron chi connectivity index (χ2n) is 4.01. The first kappa shape index (κ1) is 15.3. The average molecular weight is 294 g/mol. The monoisotopic (exact) mass is 293 g/mol. The highest BCUT2D eigenvalue weighted by molar-refractivity contribution is 7.99. The van der Waals surface area contributed by atoms with Gasteiger partial charge in [0.1, 0.15) is 0 Å². The van der Waals surface area contributed by atoms with Gasteiger partial charge in [-0.25, -0.2) is 0 Å². The van der Waals surface area contributed by atoms with E-state index in [9.17, 15) is 5.11 Å². The van der Waals surface area contributed by atoms with Gasteiger partial charge in [-0.3, -0.25) is 0 Å². The standard InChI is InChI=1S/C12H20ClNOS2/c1-4-9(10-5-6-12(13)17-10)14-8(2)11(7-15)16-3/h5-6,8-9,11,14-15H,4,7H2,1-3H3. The minimum atomic E-state index is 0.205. The van der Waals surface area contributed by atoms with Crippen molar-refractivity contribution in [2.75, 3.05) is 12.9 Å². The summed E-state index contributed by atoms with van der Waals surface area (Å²) in [5.74, 6) is 0. The second kappa shape index (κ2) is 7.64. The zero-order valence-electron chi connectivity index (χ0n) is 10.4. The van der Waals surface area contributed by atoms with Gasteiger partial charge in [-0.2, -0.15) is 11.8 Å². The fourth-order valence-corrected chi connectivity index (χ4v) is 3.62. The van der Waals surface area contributed by atoms with Gasteiger partial charge in [0.25, 0.3) is 0 Å². The highest BCUT2D eigenvalue weighted by Crippen LogP contribution is 2.29. The van der Waals surface area contributed by atoms with Crippen molar-refractivity contribution in [3.63, 3.8) is 0 Å². The van der Waals surface area contributed by atoms with Crippen molar-refractivity contribution in [3.8, 4) is 0 Å². The number of aliphatic hydroxyl groups excluding tert-OH is 1. The number of hydrogen-bond acceptors (Lipinski definition) is 4. The number of hydrogen-bond donors (Lipinski definition) is 2. The van der Waals surface area contributed by atoms with E-state index in [1.165, 1.54) is 4.88 Å². The Bertz CT molecular complexity index is 328. The van der Waals surface area contributed by atoms with Crippen LogP contribution in [0.5, 0.6) is 0 Å². The van der Waals surface area contributed by atoms with Crippen LogP contribution < -0.4 is 5.32 Å². The molecule has 0 fully saturated rings. The van der Waals surface area contributed by atoms with Crippen LogP contribution in [0, 0.1) is 0 Å².